The highest BCUT2D eigenvalue weighted by Crippen LogP contribution is 2.26. The lowest BCUT2D eigenvalue weighted by molar-refractivity contribution is 0.0950. The lowest BCUT2D eigenvalue weighted by Gasteiger charge is -2.16. The first-order valence-corrected chi connectivity index (χ1v) is 9.45. The number of rotatable bonds is 6. The monoisotopic (exact) mass is 360 g/mol. The van der Waals surface area contributed by atoms with Crippen LogP contribution in [0.5, 0.6) is 0 Å². The summed E-state index contributed by atoms with van der Waals surface area (Å²) >= 11 is 0. The molecule has 1 amide bonds. The molecule has 0 spiro atoms. The number of benzene rings is 2. The van der Waals surface area contributed by atoms with Crippen LogP contribution in [0.15, 0.2) is 66.9 Å². The average molecular weight is 360 g/mol. The number of carbonyl (C=O) groups is 1. The van der Waals surface area contributed by atoms with Gasteiger partial charge in [0.2, 0.25) is 0 Å². The number of likely N-dealkylation sites (tertiary alicyclic amines) is 1. The van der Waals surface area contributed by atoms with Gasteiger partial charge in [0.05, 0.1) is 17.5 Å². The van der Waals surface area contributed by atoms with Gasteiger partial charge in [-0.3, -0.25) is 9.89 Å². The standard InChI is InChI=1S/C22H24N4O/c27-22(20-15-24-25-21(20)18-9-5-2-6-10-18)23-12-14-26-13-11-19(16-26)17-7-3-1-4-8-17/h1-10,15,19H,11-14,16H2,(H,23,27)(H,24,25)/t19-/m1/s1. The van der Waals surface area contributed by atoms with Crippen LogP contribution in [0, 0.1) is 0 Å². The molecular formula is C22H24N4O. The Hall–Kier alpha value is -2.92. The molecule has 1 atom stereocenters. The van der Waals surface area contributed by atoms with E-state index in [9.17, 15) is 4.79 Å². The molecule has 1 aromatic heterocycles. The molecule has 138 valence electrons. The second kappa shape index (κ2) is 8.18. The third-order valence-corrected chi connectivity index (χ3v) is 5.20. The van der Waals surface area contributed by atoms with Crippen molar-refractivity contribution in [3.05, 3.63) is 78.0 Å². The van der Waals surface area contributed by atoms with Crippen molar-refractivity contribution in [2.75, 3.05) is 26.2 Å². The number of aromatic nitrogens is 2. The van der Waals surface area contributed by atoms with E-state index in [4.69, 9.17) is 0 Å². The predicted octanol–water partition coefficient (Wildman–Crippen LogP) is 3.30. The van der Waals surface area contributed by atoms with Gasteiger partial charge in [-0.1, -0.05) is 60.7 Å². The number of aromatic amines is 1. The van der Waals surface area contributed by atoms with Crippen LogP contribution in [0.3, 0.4) is 0 Å². The Kier molecular flexibility index (Phi) is 5.30. The van der Waals surface area contributed by atoms with Gasteiger partial charge in [-0.15, -0.1) is 0 Å². The average Bonchev–Trinajstić information content (AvgIpc) is 3.39. The highest BCUT2D eigenvalue weighted by atomic mass is 16.1. The number of amides is 1. The third-order valence-electron chi connectivity index (χ3n) is 5.20. The summed E-state index contributed by atoms with van der Waals surface area (Å²) in [5, 5.41) is 10.0. The normalized spacial score (nSPS) is 17.1. The van der Waals surface area contributed by atoms with Crippen LogP contribution in [-0.4, -0.2) is 47.2 Å². The number of nitrogens with one attached hydrogen (secondary N) is 2. The van der Waals surface area contributed by atoms with Crippen molar-refractivity contribution in [2.24, 2.45) is 0 Å². The van der Waals surface area contributed by atoms with E-state index < -0.39 is 0 Å². The third kappa shape index (κ3) is 4.09. The molecule has 4 rings (SSSR count). The van der Waals surface area contributed by atoms with E-state index in [1.54, 1.807) is 6.20 Å². The molecule has 2 heterocycles. The van der Waals surface area contributed by atoms with Crippen molar-refractivity contribution in [1.29, 1.82) is 0 Å². The fourth-order valence-corrected chi connectivity index (χ4v) is 3.74. The Morgan fingerprint density at radius 1 is 1.11 bits per heavy atom. The van der Waals surface area contributed by atoms with Crippen LogP contribution in [0.1, 0.15) is 28.3 Å². The Bertz CT molecular complexity index is 876. The molecule has 0 unspecified atom stereocenters. The summed E-state index contributed by atoms with van der Waals surface area (Å²) < 4.78 is 0. The first kappa shape index (κ1) is 17.5. The molecule has 1 aliphatic rings. The fourth-order valence-electron chi connectivity index (χ4n) is 3.74. The van der Waals surface area contributed by atoms with Gasteiger partial charge in [0.1, 0.15) is 0 Å². The van der Waals surface area contributed by atoms with Gasteiger partial charge in [0, 0.05) is 25.2 Å². The lowest BCUT2D eigenvalue weighted by Crippen LogP contribution is -2.33. The van der Waals surface area contributed by atoms with Gasteiger partial charge in [-0.05, 0) is 24.4 Å². The number of nitrogens with zero attached hydrogens (tertiary/aromatic N) is 2. The van der Waals surface area contributed by atoms with Crippen LogP contribution in [-0.2, 0) is 0 Å². The van der Waals surface area contributed by atoms with E-state index >= 15 is 0 Å². The quantitative estimate of drug-likeness (QED) is 0.709. The van der Waals surface area contributed by atoms with E-state index in [0.29, 0.717) is 18.0 Å². The van der Waals surface area contributed by atoms with Crippen molar-refractivity contribution in [3.8, 4) is 11.3 Å². The minimum Gasteiger partial charge on any atom is -0.351 e. The highest BCUT2D eigenvalue weighted by molar-refractivity contribution is 5.99. The van der Waals surface area contributed by atoms with Gasteiger partial charge in [-0.2, -0.15) is 5.10 Å². The molecule has 0 radical (unpaired) electrons. The minimum absolute atomic E-state index is 0.0820. The molecular weight excluding hydrogens is 336 g/mol. The number of hydrogen-bond acceptors (Lipinski definition) is 3. The molecule has 27 heavy (non-hydrogen) atoms. The minimum atomic E-state index is -0.0820. The van der Waals surface area contributed by atoms with Gasteiger partial charge >= 0.3 is 0 Å². The summed E-state index contributed by atoms with van der Waals surface area (Å²) in [7, 11) is 0. The summed E-state index contributed by atoms with van der Waals surface area (Å²) in [5.41, 5.74) is 3.73. The van der Waals surface area contributed by atoms with E-state index in [2.05, 4.69) is 50.7 Å². The van der Waals surface area contributed by atoms with Crippen LogP contribution in [0.25, 0.3) is 11.3 Å². The van der Waals surface area contributed by atoms with E-state index in [0.717, 1.165) is 30.9 Å². The second-order valence-corrected chi connectivity index (χ2v) is 6.98. The molecule has 2 N–H and O–H groups in total. The Morgan fingerprint density at radius 2 is 1.85 bits per heavy atom. The summed E-state index contributed by atoms with van der Waals surface area (Å²) in [6.07, 6.45) is 2.77. The lowest BCUT2D eigenvalue weighted by atomic mass is 9.99. The van der Waals surface area contributed by atoms with E-state index in [1.165, 1.54) is 12.0 Å². The molecule has 1 aliphatic heterocycles. The largest absolute Gasteiger partial charge is 0.351 e. The number of hydrogen-bond donors (Lipinski definition) is 2. The van der Waals surface area contributed by atoms with Gasteiger partial charge < -0.3 is 10.2 Å². The van der Waals surface area contributed by atoms with E-state index in [-0.39, 0.29) is 5.91 Å². The van der Waals surface area contributed by atoms with Crippen LogP contribution >= 0.6 is 0 Å². The van der Waals surface area contributed by atoms with Gasteiger partial charge in [0.15, 0.2) is 0 Å². The van der Waals surface area contributed by atoms with Crippen LogP contribution in [0.2, 0.25) is 0 Å². The maximum absolute atomic E-state index is 12.6. The summed E-state index contributed by atoms with van der Waals surface area (Å²) in [6, 6.07) is 20.5. The molecule has 0 saturated carbocycles. The first-order chi connectivity index (χ1) is 13.3. The first-order valence-electron chi connectivity index (χ1n) is 9.45. The smallest absolute Gasteiger partial charge is 0.255 e. The van der Waals surface area contributed by atoms with Crippen molar-refractivity contribution in [2.45, 2.75) is 12.3 Å². The topological polar surface area (TPSA) is 61.0 Å². The molecule has 1 fully saturated rings. The number of H-pyrrole nitrogens is 1. The number of carbonyl (C=O) groups excluding carboxylic acids is 1. The highest BCUT2D eigenvalue weighted by Gasteiger charge is 2.23. The summed E-state index contributed by atoms with van der Waals surface area (Å²) in [5.74, 6) is 0.516. The van der Waals surface area contributed by atoms with Crippen molar-refractivity contribution in [1.82, 2.24) is 20.4 Å². The van der Waals surface area contributed by atoms with E-state index in [1.807, 2.05) is 30.3 Å². The molecule has 2 aromatic carbocycles. The SMILES string of the molecule is O=C(NCCN1CC[C@@H](c2ccccc2)C1)c1cn[nH]c1-c1ccccc1. The molecule has 0 bridgehead atoms. The molecule has 3 aromatic rings. The van der Waals surface area contributed by atoms with Crippen LogP contribution in [0.4, 0.5) is 0 Å². The van der Waals surface area contributed by atoms with Crippen LogP contribution < -0.4 is 5.32 Å². The molecule has 5 heteroatoms. The maximum atomic E-state index is 12.6. The Labute approximate surface area is 159 Å². The Morgan fingerprint density at radius 3 is 2.63 bits per heavy atom. The van der Waals surface area contributed by atoms with Crippen molar-refractivity contribution < 1.29 is 4.79 Å². The fraction of sp³-hybridized carbons (Fsp3) is 0.273. The molecule has 0 aliphatic carbocycles. The molecule has 5 nitrogen and oxygen atoms in total. The van der Waals surface area contributed by atoms with Crippen molar-refractivity contribution >= 4 is 5.91 Å². The maximum Gasteiger partial charge on any atom is 0.255 e. The zero-order valence-corrected chi connectivity index (χ0v) is 15.3. The second-order valence-electron chi connectivity index (χ2n) is 6.98. The summed E-state index contributed by atoms with van der Waals surface area (Å²) in [6.45, 7) is 3.64. The summed E-state index contributed by atoms with van der Waals surface area (Å²) in [4.78, 5) is 15.0. The zero-order chi connectivity index (χ0) is 18.5. The molecule has 1 saturated heterocycles. The van der Waals surface area contributed by atoms with Gasteiger partial charge in [0.25, 0.3) is 5.91 Å². The predicted molar refractivity (Wildman–Crippen MR) is 107 cm³/mol. The van der Waals surface area contributed by atoms with Crippen molar-refractivity contribution in [3.63, 3.8) is 0 Å². The Balaban J connectivity index is 1.29. The van der Waals surface area contributed by atoms with Gasteiger partial charge in [-0.25, -0.2) is 0 Å². The zero-order valence-electron chi connectivity index (χ0n) is 15.3.